The summed E-state index contributed by atoms with van der Waals surface area (Å²) in [4.78, 5) is 8.10. The summed E-state index contributed by atoms with van der Waals surface area (Å²) in [6.45, 7) is 0.428. The van der Waals surface area contributed by atoms with E-state index in [4.69, 9.17) is 26.8 Å². The van der Waals surface area contributed by atoms with E-state index >= 15 is 0 Å². The second kappa shape index (κ2) is 7.35. The lowest BCUT2D eigenvalue weighted by atomic mass is 10.2. The first-order valence-corrected chi connectivity index (χ1v) is 7.02. The van der Waals surface area contributed by atoms with Crippen molar-refractivity contribution >= 4 is 40.7 Å². The predicted octanol–water partition coefficient (Wildman–Crippen LogP) is 3.87. The Kier molecular flexibility index (Phi) is 5.47. The monoisotopic (exact) mass is 351 g/mol. The highest BCUT2D eigenvalue weighted by Gasteiger charge is 2.12. The van der Waals surface area contributed by atoms with Crippen molar-refractivity contribution in [1.82, 2.24) is 9.97 Å². The maximum absolute atomic E-state index is 5.89. The molecule has 0 spiro atoms. The quantitative estimate of drug-likeness (QED) is 0.722. The van der Waals surface area contributed by atoms with E-state index in [0.29, 0.717) is 34.8 Å². The SMILES string of the molecule is COc1cc2nc(Cl)nc(N)c2cc1OCc1ccccc1.Cl. The van der Waals surface area contributed by atoms with Gasteiger partial charge in [-0.2, -0.15) is 0 Å². The van der Waals surface area contributed by atoms with Crippen LogP contribution in [0.2, 0.25) is 5.28 Å². The summed E-state index contributed by atoms with van der Waals surface area (Å²) in [5.41, 5.74) is 7.57. The molecule has 2 aromatic carbocycles. The summed E-state index contributed by atoms with van der Waals surface area (Å²) < 4.78 is 11.2. The van der Waals surface area contributed by atoms with Gasteiger partial charge in [0, 0.05) is 11.5 Å². The fraction of sp³-hybridized carbons (Fsp3) is 0.125. The summed E-state index contributed by atoms with van der Waals surface area (Å²) >= 11 is 5.83. The normalized spacial score (nSPS) is 10.2. The number of methoxy groups -OCH3 is 1. The van der Waals surface area contributed by atoms with Crippen LogP contribution in [-0.4, -0.2) is 17.1 Å². The minimum atomic E-state index is 0. The first-order chi connectivity index (χ1) is 10.7. The molecule has 2 N–H and O–H groups in total. The molecular weight excluding hydrogens is 337 g/mol. The molecule has 3 aromatic rings. The maximum atomic E-state index is 5.89. The van der Waals surface area contributed by atoms with Gasteiger partial charge in [-0.05, 0) is 23.2 Å². The second-order valence-electron chi connectivity index (χ2n) is 4.67. The largest absolute Gasteiger partial charge is 0.493 e. The van der Waals surface area contributed by atoms with E-state index in [9.17, 15) is 0 Å². The molecule has 1 heterocycles. The number of hydrogen-bond acceptors (Lipinski definition) is 5. The number of nitrogens with zero attached hydrogens (tertiary/aromatic N) is 2. The van der Waals surface area contributed by atoms with Gasteiger partial charge in [0.25, 0.3) is 0 Å². The topological polar surface area (TPSA) is 70.3 Å². The van der Waals surface area contributed by atoms with Crippen molar-refractivity contribution in [1.29, 1.82) is 0 Å². The Labute approximate surface area is 144 Å². The van der Waals surface area contributed by atoms with Crippen molar-refractivity contribution in [2.75, 3.05) is 12.8 Å². The van der Waals surface area contributed by atoms with E-state index in [0.717, 1.165) is 5.56 Å². The van der Waals surface area contributed by atoms with E-state index in [1.54, 1.807) is 19.2 Å². The molecule has 5 nitrogen and oxygen atoms in total. The molecule has 0 fully saturated rings. The highest BCUT2D eigenvalue weighted by atomic mass is 35.5. The van der Waals surface area contributed by atoms with Crippen molar-refractivity contribution in [3.05, 3.63) is 53.3 Å². The van der Waals surface area contributed by atoms with Gasteiger partial charge in [0.15, 0.2) is 11.5 Å². The molecule has 0 saturated carbocycles. The average Bonchev–Trinajstić information content (AvgIpc) is 2.53. The molecule has 1 aromatic heterocycles. The molecule has 7 heteroatoms. The molecule has 0 aliphatic heterocycles. The minimum Gasteiger partial charge on any atom is -0.493 e. The molecule has 0 atom stereocenters. The molecule has 3 rings (SSSR count). The number of halogens is 2. The van der Waals surface area contributed by atoms with E-state index in [-0.39, 0.29) is 17.7 Å². The lowest BCUT2D eigenvalue weighted by Gasteiger charge is -2.12. The number of nitrogens with two attached hydrogens (primary N) is 1. The Bertz CT molecular complexity index is 813. The van der Waals surface area contributed by atoms with Gasteiger partial charge in [-0.25, -0.2) is 9.97 Å². The van der Waals surface area contributed by atoms with Crippen molar-refractivity contribution < 1.29 is 9.47 Å². The summed E-state index contributed by atoms with van der Waals surface area (Å²) in [5, 5.41) is 0.776. The highest BCUT2D eigenvalue weighted by Crippen LogP contribution is 2.34. The highest BCUT2D eigenvalue weighted by molar-refractivity contribution is 6.28. The average molecular weight is 352 g/mol. The van der Waals surface area contributed by atoms with E-state index in [1.807, 2.05) is 30.3 Å². The van der Waals surface area contributed by atoms with Gasteiger partial charge in [-0.1, -0.05) is 30.3 Å². The van der Waals surface area contributed by atoms with Gasteiger partial charge in [0.05, 0.1) is 12.6 Å². The van der Waals surface area contributed by atoms with Gasteiger partial charge in [0.1, 0.15) is 12.4 Å². The first kappa shape index (κ1) is 17.1. The van der Waals surface area contributed by atoms with E-state index in [2.05, 4.69) is 9.97 Å². The second-order valence-corrected chi connectivity index (χ2v) is 5.01. The van der Waals surface area contributed by atoms with Crippen LogP contribution in [0.3, 0.4) is 0 Å². The van der Waals surface area contributed by atoms with Gasteiger partial charge < -0.3 is 15.2 Å². The summed E-state index contributed by atoms with van der Waals surface area (Å²) in [6.07, 6.45) is 0. The Balaban J connectivity index is 0.00000192. The number of benzene rings is 2. The number of ether oxygens (including phenoxy) is 2. The Hall–Kier alpha value is -2.24. The number of fused-ring (bicyclic) bond motifs is 1. The molecule has 0 aliphatic carbocycles. The van der Waals surface area contributed by atoms with Crippen LogP contribution >= 0.6 is 24.0 Å². The zero-order valence-corrected chi connectivity index (χ0v) is 13.9. The molecule has 0 unspecified atom stereocenters. The van der Waals surface area contributed by atoms with Crippen LogP contribution in [-0.2, 0) is 6.61 Å². The standard InChI is InChI=1S/C16H14ClN3O2.ClH/c1-21-13-8-12-11(15(18)20-16(17)19-12)7-14(13)22-9-10-5-3-2-4-6-10;/h2-8H,9H2,1H3,(H2,18,19,20);1H. The predicted molar refractivity (Wildman–Crippen MR) is 93.5 cm³/mol. The molecule has 0 bridgehead atoms. The smallest absolute Gasteiger partial charge is 0.224 e. The van der Waals surface area contributed by atoms with Crippen LogP contribution in [0.4, 0.5) is 5.82 Å². The Morgan fingerprint density at radius 3 is 2.52 bits per heavy atom. The maximum Gasteiger partial charge on any atom is 0.224 e. The number of rotatable bonds is 4. The minimum absolute atomic E-state index is 0. The Morgan fingerprint density at radius 1 is 1.09 bits per heavy atom. The number of aromatic nitrogens is 2. The van der Waals surface area contributed by atoms with E-state index in [1.165, 1.54) is 0 Å². The molecule has 0 saturated heterocycles. The van der Waals surface area contributed by atoms with Crippen molar-refractivity contribution in [2.45, 2.75) is 6.61 Å². The van der Waals surface area contributed by atoms with Gasteiger partial charge in [-0.15, -0.1) is 12.4 Å². The van der Waals surface area contributed by atoms with E-state index < -0.39 is 0 Å². The number of nitrogen functional groups attached to an aromatic ring is 1. The van der Waals surface area contributed by atoms with Crippen molar-refractivity contribution in [3.63, 3.8) is 0 Å². The first-order valence-electron chi connectivity index (χ1n) is 6.65. The molecule has 0 aliphatic rings. The van der Waals surface area contributed by atoms with Gasteiger partial charge in [-0.3, -0.25) is 0 Å². The van der Waals surface area contributed by atoms with Crippen LogP contribution in [0.15, 0.2) is 42.5 Å². The van der Waals surface area contributed by atoms with Gasteiger partial charge in [0.2, 0.25) is 5.28 Å². The molecular formula is C16H15Cl2N3O2. The van der Waals surface area contributed by atoms with Crippen molar-refractivity contribution in [3.8, 4) is 11.5 Å². The molecule has 0 amide bonds. The number of hydrogen-bond donors (Lipinski definition) is 1. The molecule has 23 heavy (non-hydrogen) atoms. The van der Waals surface area contributed by atoms with Crippen LogP contribution < -0.4 is 15.2 Å². The third-order valence-corrected chi connectivity index (χ3v) is 3.39. The molecule has 120 valence electrons. The summed E-state index contributed by atoms with van der Waals surface area (Å²) in [7, 11) is 1.57. The summed E-state index contributed by atoms with van der Waals surface area (Å²) in [5.74, 6) is 1.45. The Morgan fingerprint density at radius 2 is 1.83 bits per heavy atom. The lowest BCUT2D eigenvalue weighted by molar-refractivity contribution is 0.285. The van der Waals surface area contributed by atoms with Gasteiger partial charge >= 0.3 is 0 Å². The van der Waals surface area contributed by atoms with Crippen LogP contribution in [0, 0.1) is 0 Å². The summed E-state index contributed by atoms with van der Waals surface area (Å²) in [6, 6.07) is 13.4. The van der Waals surface area contributed by atoms with Crippen LogP contribution in [0.5, 0.6) is 11.5 Å². The van der Waals surface area contributed by atoms with Crippen molar-refractivity contribution in [2.24, 2.45) is 0 Å². The number of anilines is 1. The van der Waals surface area contributed by atoms with Crippen LogP contribution in [0.1, 0.15) is 5.56 Å². The fourth-order valence-electron chi connectivity index (χ4n) is 2.14. The third-order valence-electron chi connectivity index (χ3n) is 3.22. The van der Waals surface area contributed by atoms with Crippen LogP contribution in [0.25, 0.3) is 10.9 Å². The zero-order valence-electron chi connectivity index (χ0n) is 12.3. The molecule has 0 radical (unpaired) electrons. The third kappa shape index (κ3) is 3.75. The lowest BCUT2D eigenvalue weighted by Crippen LogP contribution is -2.00. The fourth-order valence-corrected chi connectivity index (χ4v) is 2.32. The zero-order chi connectivity index (χ0) is 15.5.